The van der Waals surface area contributed by atoms with Gasteiger partial charge in [0.1, 0.15) is 5.69 Å². The first-order chi connectivity index (χ1) is 7.99. The van der Waals surface area contributed by atoms with E-state index in [0.717, 1.165) is 11.3 Å². The van der Waals surface area contributed by atoms with Gasteiger partial charge >= 0.3 is 5.97 Å². The van der Waals surface area contributed by atoms with Gasteiger partial charge in [0, 0.05) is 0 Å². The Kier molecular flexibility index (Phi) is 2.86. The molecule has 0 fully saturated rings. The summed E-state index contributed by atoms with van der Waals surface area (Å²) in [4.78, 5) is 14.0. The highest BCUT2D eigenvalue weighted by Gasteiger charge is 2.16. The molecule has 0 aliphatic heterocycles. The van der Waals surface area contributed by atoms with Crippen LogP contribution >= 0.6 is 23.6 Å². The molecule has 0 saturated carbocycles. The van der Waals surface area contributed by atoms with E-state index in [0.29, 0.717) is 14.4 Å². The number of carbonyl (C=O) groups is 1. The second-order valence-electron chi connectivity index (χ2n) is 3.23. The number of phenols is 2. The molecule has 7 heteroatoms. The van der Waals surface area contributed by atoms with Crippen molar-refractivity contribution in [3.8, 4) is 21.9 Å². The largest absolute Gasteiger partial charge is 0.504 e. The molecule has 2 rings (SSSR count). The predicted molar refractivity (Wildman–Crippen MR) is 65.2 cm³/mol. The van der Waals surface area contributed by atoms with Crippen molar-refractivity contribution >= 4 is 29.5 Å². The van der Waals surface area contributed by atoms with E-state index in [2.05, 4.69) is 4.98 Å². The molecule has 0 saturated heterocycles. The van der Waals surface area contributed by atoms with Crippen LogP contribution in [0.3, 0.4) is 0 Å². The average molecular weight is 269 g/mol. The van der Waals surface area contributed by atoms with Crippen molar-refractivity contribution in [2.24, 2.45) is 0 Å². The lowest BCUT2D eigenvalue weighted by Crippen LogP contribution is -1.98. The van der Waals surface area contributed by atoms with E-state index in [4.69, 9.17) is 17.3 Å². The standard InChI is InChI=1S/C10H7NO4S2/c12-5-2-1-4(3-6(5)13)8-7(9(14)15)11-10(16)17-8/h1-3,12-13H,(H,11,16)(H,14,15). The predicted octanol–water partition coefficient (Wildman–Crippen LogP) is 2.58. The van der Waals surface area contributed by atoms with Gasteiger partial charge in [0.2, 0.25) is 0 Å². The number of aromatic carboxylic acids is 1. The van der Waals surface area contributed by atoms with Crippen LogP contribution in [0, 0.1) is 3.95 Å². The third-order valence-electron chi connectivity index (χ3n) is 2.10. The van der Waals surface area contributed by atoms with Crippen LogP contribution in [-0.4, -0.2) is 26.3 Å². The summed E-state index contributed by atoms with van der Waals surface area (Å²) in [6, 6.07) is 4.09. The molecule has 88 valence electrons. The Bertz CT molecular complexity index is 644. The highest BCUT2D eigenvalue weighted by molar-refractivity contribution is 7.73. The van der Waals surface area contributed by atoms with Gasteiger partial charge in [-0.2, -0.15) is 0 Å². The molecule has 1 heterocycles. The number of aromatic nitrogens is 1. The smallest absolute Gasteiger partial charge is 0.353 e. The van der Waals surface area contributed by atoms with Crippen molar-refractivity contribution < 1.29 is 20.1 Å². The first-order valence-electron chi connectivity index (χ1n) is 4.48. The summed E-state index contributed by atoms with van der Waals surface area (Å²) in [7, 11) is 0. The Hall–Kier alpha value is -1.86. The topological polar surface area (TPSA) is 93.5 Å². The maximum atomic E-state index is 11.0. The van der Waals surface area contributed by atoms with Crippen LogP contribution in [0.15, 0.2) is 18.2 Å². The summed E-state index contributed by atoms with van der Waals surface area (Å²) in [5.41, 5.74) is 0.458. The molecule has 4 N–H and O–H groups in total. The number of aromatic amines is 1. The Morgan fingerprint density at radius 2 is 2.00 bits per heavy atom. The second kappa shape index (κ2) is 4.19. The lowest BCUT2D eigenvalue weighted by atomic mass is 10.1. The molecule has 0 amide bonds. The molecule has 0 bridgehead atoms. The van der Waals surface area contributed by atoms with Crippen molar-refractivity contribution in [3.05, 3.63) is 27.8 Å². The van der Waals surface area contributed by atoms with Crippen LogP contribution in [0.25, 0.3) is 10.4 Å². The first-order valence-corrected chi connectivity index (χ1v) is 5.70. The Labute approximate surface area is 105 Å². The first kappa shape index (κ1) is 11.6. The lowest BCUT2D eigenvalue weighted by Gasteiger charge is -2.02. The summed E-state index contributed by atoms with van der Waals surface area (Å²) < 4.78 is 0.338. The van der Waals surface area contributed by atoms with E-state index in [1.165, 1.54) is 18.2 Å². The second-order valence-corrected chi connectivity index (χ2v) is 4.91. The minimum Gasteiger partial charge on any atom is -0.504 e. The van der Waals surface area contributed by atoms with Gasteiger partial charge in [0.15, 0.2) is 15.5 Å². The van der Waals surface area contributed by atoms with Crippen molar-refractivity contribution in [1.29, 1.82) is 0 Å². The molecule has 0 unspecified atom stereocenters. The number of hydrogen-bond acceptors (Lipinski definition) is 5. The Morgan fingerprint density at radius 1 is 1.29 bits per heavy atom. The SMILES string of the molecule is O=C(O)c1[nH]c(=S)sc1-c1ccc(O)c(O)c1. The fourth-order valence-electron chi connectivity index (χ4n) is 1.35. The van der Waals surface area contributed by atoms with Crippen LogP contribution < -0.4 is 0 Å². The number of thiazole rings is 1. The Balaban J connectivity index is 2.63. The Morgan fingerprint density at radius 3 is 2.59 bits per heavy atom. The summed E-state index contributed by atoms with van der Waals surface area (Å²) in [5.74, 6) is -1.69. The number of carboxylic acid groups (broad SMARTS) is 1. The number of nitrogens with one attached hydrogen (secondary N) is 1. The molecular formula is C10H7NO4S2. The van der Waals surface area contributed by atoms with Gasteiger partial charge in [0.05, 0.1) is 4.88 Å². The number of carboxylic acids is 1. The van der Waals surface area contributed by atoms with Crippen molar-refractivity contribution in [1.82, 2.24) is 4.98 Å². The van der Waals surface area contributed by atoms with E-state index < -0.39 is 5.97 Å². The minimum absolute atomic E-state index is 0.0231. The molecule has 1 aromatic heterocycles. The van der Waals surface area contributed by atoms with E-state index in [1.807, 2.05) is 0 Å². The molecular weight excluding hydrogens is 262 g/mol. The fourth-order valence-corrected chi connectivity index (χ4v) is 2.52. The van der Waals surface area contributed by atoms with E-state index in [-0.39, 0.29) is 17.2 Å². The number of rotatable bonds is 2. The molecule has 1 aromatic carbocycles. The fraction of sp³-hybridized carbons (Fsp3) is 0. The van der Waals surface area contributed by atoms with Crippen LogP contribution in [0.1, 0.15) is 10.5 Å². The molecule has 0 aliphatic rings. The van der Waals surface area contributed by atoms with Crippen LogP contribution in [0.2, 0.25) is 0 Å². The van der Waals surface area contributed by atoms with Crippen molar-refractivity contribution in [3.63, 3.8) is 0 Å². The number of benzene rings is 1. The summed E-state index contributed by atoms with van der Waals surface area (Å²) >= 11 is 5.98. The zero-order valence-electron chi connectivity index (χ0n) is 8.30. The van der Waals surface area contributed by atoms with Gasteiger partial charge in [-0.1, -0.05) is 0 Å². The number of H-pyrrole nitrogens is 1. The van der Waals surface area contributed by atoms with E-state index >= 15 is 0 Å². The summed E-state index contributed by atoms with van der Waals surface area (Å²) in [6.07, 6.45) is 0. The third-order valence-corrected chi connectivity index (χ3v) is 3.38. The third kappa shape index (κ3) is 2.15. The monoisotopic (exact) mass is 269 g/mol. The van der Waals surface area contributed by atoms with Crippen molar-refractivity contribution in [2.75, 3.05) is 0 Å². The average Bonchev–Trinajstić information content (AvgIpc) is 2.64. The van der Waals surface area contributed by atoms with E-state index in [1.54, 1.807) is 0 Å². The normalized spacial score (nSPS) is 10.4. The highest BCUT2D eigenvalue weighted by atomic mass is 32.1. The molecule has 5 nitrogen and oxygen atoms in total. The van der Waals surface area contributed by atoms with Crippen LogP contribution in [0.5, 0.6) is 11.5 Å². The quantitative estimate of drug-likeness (QED) is 0.496. The van der Waals surface area contributed by atoms with E-state index in [9.17, 15) is 15.0 Å². The molecule has 0 atom stereocenters. The van der Waals surface area contributed by atoms with Gasteiger partial charge in [-0.15, -0.1) is 11.3 Å². The lowest BCUT2D eigenvalue weighted by molar-refractivity contribution is 0.0692. The number of hydrogen-bond donors (Lipinski definition) is 4. The van der Waals surface area contributed by atoms with Crippen molar-refractivity contribution in [2.45, 2.75) is 0 Å². The number of phenolic OH excluding ortho intramolecular Hbond substituents is 2. The van der Waals surface area contributed by atoms with Gasteiger partial charge in [0.25, 0.3) is 0 Å². The summed E-state index contributed by atoms with van der Waals surface area (Å²) in [5, 5.41) is 27.5. The van der Waals surface area contributed by atoms with Gasteiger partial charge in [-0.3, -0.25) is 0 Å². The van der Waals surface area contributed by atoms with Gasteiger partial charge < -0.3 is 20.3 Å². The highest BCUT2D eigenvalue weighted by Crippen LogP contribution is 2.34. The van der Waals surface area contributed by atoms with Gasteiger partial charge in [-0.25, -0.2) is 4.79 Å². The van der Waals surface area contributed by atoms with Crippen LogP contribution in [0.4, 0.5) is 0 Å². The molecule has 0 radical (unpaired) electrons. The minimum atomic E-state index is -1.13. The zero-order chi connectivity index (χ0) is 12.6. The van der Waals surface area contributed by atoms with Crippen LogP contribution in [-0.2, 0) is 0 Å². The summed E-state index contributed by atoms with van der Waals surface area (Å²) in [6.45, 7) is 0. The maximum Gasteiger partial charge on any atom is 0.353 e. The molecule has 0 spiro atoms. The van der Waals surface area contributed by atoms with Gasteiger partial charge in [-0.05, 0) is 36.0 Å². The maximum absolute atomic E-state index is 11.0. The number of aromatic hydroxyl groups is 2. The zero-order valence-corrected chi connectivity index (χ0v) is 9.93. The molecule has 17 heavy (non-hydrogen) atoms. The molecule has 0 aliphatic carbocycles. The molecule has 2 aromatic rings.